The molecule has 0 spiro atoms. The zero-order valence-electron chi connectivity index (χ0n) is 11.9. The van der Waals surface area contributed by atoms with E-state index < -0.39 is 0 Å². The fourth-order valence-corrected chi connectivity index (χ4v) is 1.99. The fraction of sp³-hybridized carbons (Fsp3) is 0.462. The summed E-state index contributed by atoms with van der Waals surface area (Å²) in [6.45, 7) is 5.19. The lowest BCUT2D eigenvalue weighted by Crippen LogP contribution is -2.18. The molecule has 2 aromatic rings. The number of hydrogen-bond acceptors (Lipinski definition) is 6. The van der Waals surface area contributed by atoms with Gasteiger partial charge in [0, 0.05) is 12.2 Å². The predicted octanol–water partition coefficient (Wildman–Crippen LogP) is 1.36. The lowest BCUT2D eigenvalue weighted by molar-refractivity contribution is 0.0614. The molecule has 2 rings (SSSR count). The third-order valence-electron chi connectivity index (χ3n) is 2.90. The summed E-state index contributed by atoms with van der Waals surface area (Å²) < 4.78 is 12.4. The van der Waals surface area contributed by atoms with Gasteiger partial charge in [-0.05, 0) is 42.5 Å². The van der Waals surface area contributed by atoms with Gasteiger partial charge in [0.2, 0.25) is 0 Å². The molecule has 0 fully saturated rings. The van der Waals surface area contributed by atoms with Crippen LogP contribution in [0.25, 0.3) is 11.4 Å². The highest BCUT2D eigenvalue weighted by atomic mass is 16.5. The van der Waals surface area contributed by atoms with Crippen molar-refractivity contribution in [2.45, 2.75) is 26.5 Å². The van der Waals surface area contributed by atoms with E-state index in [4.69, 9.17) is 15.2 Å². The largest absolute Gasteiger partial charge is 0.495 e. The van der Waals surface area contributed by atoms with Crippen molar-refractivity contribution in [1.82, 2.24) is 20.2 Å². The molecular weight excluding hydrogens is 258 g/mol. The van der Waals surface area contributed by atoms with Crippen LogP contribution in [0.3, 0.4) is 0 Å². The van der Waals surface area contributed by atoms with E-state index in [2.05, 4.69) is 15.5 Å². The van der Waals surface area contributed by atoms with Gasteiger partial charge in [0.25, 0.3) is 0 Å². The molecular formula is C13H19N5O2. The molecule has 0 aliphatic carbocycles. The van der Waals surface area contributed by atoms with Crippen molar-refractivity contribution in [2.75, 3.05) is 19.5 Å². The number of methoxy groups -OCH3 is 1. The van der Waals surface area contributed by atoms with Gasteiger partial charge >= 0.3 is 0 Å². The Labute approximate surface area is 117 Å². The van der Waals surface area contributed by atoms with Crippen LogP contribution >= 0.6 is 0 Å². The number of hydrogen-bond donors (Lipinski definition) is 1. The monoisotopic (exact) mass is 277 g/mol. The Hall–Kier alpha value is -2.15. The smallest absolute Gasteiger partial charge is 0.182 e. The van der Waals surface area contributed by atoms with Gasteiger partial charge in [-0.3, -0.25) is 0 Å². The van der Waals surface area contributed by atoms with E-state index in [0.29, 0.717) is 30.4 Å². The van der Waals surface area contributed by atoms with Gasteiger partial charge in [-0.2, -0.15) is 0 Å². The van der Waals surface area contributed by atoms with E-state index in [1.807, 2.05) is 19.9 Å². The lowest BCUT2D eigenvalue weighted by atomic mass is 10.1. The molecule has 1 aromatic heterocycles. The molecule has 1 aromatic carbocycles. The molecule has 0 aliphatic rings. The molecule has 0 bridgehead atoms. The highest BCUT2D eigenvalue weighted by Gasteiger charge is 2.13. The molecule has 108 valence electrons. The summed E-state index contributed by atoms with van der Waals surface area (Å²) in [6, 6.07) is 5.48. The van der Waals surface area contributed by atoms with Crippen molar-refractivity contribution >= 4 is 5.69 Å². The molecule has 0 aliphatic heterocycles. The van der Waals surface area contributed by atoms with Gasteiger partial charge in [0.05, 0.1) is 25.4 Å². The van der Waals surface area contributed by atoms with Gasteiger partial charge < -0.3 is 15.2 Å². The Balaban J connectivity index is 2.25. The fourth-order valence-electron chi connectivity index (χ4n) is 1.99. The second-order valence-corrected chi connectivity index (χ2v) is 4.41. The minimum Gasteiger partial charge on any atom is -0.495 e. The minimum absolute atomic E-state index is 0.0397. The Bertz CT molecular complexity index is 570. The van der Waals surface area contributed by atoms with Crippen LogP contribution in [0.1, 0.15) is 13.8 Å². The summed E-state index contributed by atoms with van der Waals surface area (Å²) in [5.41, 5.74) is 7.31. The quantitative estimate of drug-likeness (QED) is 0.802. The number of tetrazole rings is 1. The molecule has 2 N–H and O–H groups in total. The van der Waals surface area contributed by atoms with Crippen molar-refractivity contribution < 1.29 is 9.47 Å². The van der Waals surface area contributed by atoms with E-state index in [0.717, 1.165) is 5.56 Å². The van der Waals surface area contributed by atoms with Gasteiger partial charge in [0.15, 0.2) is 5.82 Å². The maximum Gasteiger partial charge on any atom is 0.182 e. The summed E-state index contributed by atoms with van der Waals surface area (Å²) in [6.07, 6.45) is 0.0397. The van der Waals surface area contributed by atoms with E-state index in [1.165, 1.54) is 0 Å². The summed E-state index contributed by atoms with van der Waals surface area (Å²) >= 11 is 0. The van der Waals surface area contributed by atoms with Crippen LogP contribution in [0.5, 0.6) is 5.75 Å². The first-order valence-corrected chi connectivity index (χ1v) is 6.47. The molecule has 0 amide bonds. The number of aromatic nitrogens is 4. The maximum atomic E-state index is 5.91. The molecule has 7 nitrogen and oxygen atoms in total. The highest BCUT2D eigenvalue weighted by Crippen LogP contribution is 2.26. The Morgan fingerprint density at radius 1 is 1.40 bits per heavy atom. The molecule has 0 radical (unpaired) electrons. The second-order valence-electron chi connectivity index (χ2n) is 4.41. The average Bonchev–Trinajstić information content (AvgIpc) is 2.87. The van der Waals surface area contributed by atoms with Crippen LogP contribution in [-0.2, 0) is 11.3 Å². The van der Waals surface area contributed by atoms with E-state index in [9.17, 15) is 0 Å². The number of anilines is 1. The number of nitrogen functional groups attached to an aromatic ring is 1. The Morgan fingerprint density at radius 2 is 2.20 bits per heavy atom. The van der Waals surface area contributed by atoms with Crippen LogP contribution in [0.15, 0.2) is 18.2 Å². The van der Waals surface area contributed by atoms with Crippen LogP contribution < -0.4 is 10.5 Å². The summed E-state index contributed by atoms with van der Waals surface area (Å²) in [7, 11) is 1.58. The standard InChI is InChI=1S/C13H19N5O2/c1-4-20-9(2)8-18-13(15-16-17-18)10-5-6-12(19-3)11(14)7-10/h5-7,9H,4,8,14H2,1-3H3. The van der Waals surface area contributed by atoms with Crippen molar-refractivity contribution in [2.24, 2.45) is 0 Å². The molecule has 1 heterocycles. The van der Waals surface area contributed by atoms with Crippen LogP contribution in [0.4, 0.5) is 5.69 Å². The minimum atomic E-state index is 0.0397. The molecule has 7 heteroatoms. The number of ether oxygens (including phenoxy) is 2. The third kappa shape index (κ3) is 3.05. The molecule has 1 atom stereocenters. The van der Waals surface area contributed by atoms with Gasteiger partial charge in [0.1, 0.15) is 5.75 Å². The second kappa shape index (κ2) is 6.33. The van der Waals surface area contributed by atoms with Crippen molar-refractivity contribution in [3.63, 3.8) is 0 Å². The van der Waals surface area contributed by atoms with E-state index in [1.54, 1.807) is 23.9 Å². The third-order valence-corrected chi connectivity index (χ3v) is 2.90. The predicted molar refractivity (Wildman–Crippen MR) is 75.3 cm³/mol. The first-order valence-electron chi connectivity index (χ1n) is 6.47. The summed E-state index contributed by atoms with van der Waals surface area (Å²) in [5, 5.41) is 11.8. The van der Waals surface area contributed by atoms with Crippen LogP contribution in [0, 0.1) is 0 Å². The molecule has 0 saturated heterocycles. The Morgan fingerprint density at radius 3 is 2.85 bits per heavy atom. The normalized spacial score (nSPS) is 12.3. The van der Waals surface area contributed by atoms with E-state index >= 15 is 0 Å². The SMILES string of the molecule is CCOC(C)Cn1nnnc1-c1ccc(OC)c(N)c1. The summed E-state index contributed by atoms with van der Waals surface area (Å²) in [4.78, 5) is 0. The van der Waals surface area contributed by atoms with Gasteiger partial charge in [-0.15, -0.1) is 5.10 Å². The van der Waals surface area contributed by atoms with Crippen LogP contribution in [0.2, 0.25) is 0 Å². The zero-order chi connectivity index (χ0) is 14.5. The average molecular weight is 277 g/mol. The van der Waals surface area contributed by atoms with Gasteiger partial charge in [-0.25, -0.2) is 4.68 Å². The van der Waals surface area contributed by atoms with Crippen LogP contribution in [-0.4, -0.2) is 40.0 Å². The zero-order valence-corrected chi connectivity index (χ0v) is 11.9. The molecule has 1 unspecified atom stereocenters. The molecule has 20 heavy (non-hydrogen) atoms. The maximum absolute atomic E-state index is 5.91. The van der Waals surface area contributed by atoms with Crippen molar-refractivity contribution in [3.05, 3.63) is 18.2 Å². The molecule has 0 saturated carbocycles. The summed E-state index contributed by atoms with van der Waals surface area (Å²) in [5.74, 6) is 1.29. The van der Waals surface area contributed by atoms with E-state index in [-0.39, 0.29) is 6.10 Å². The van der Waals surface area contributed by atoms with Crippen molar-refractivity contribution in [3.8, 4) is 17.1 Å². The highest BCUT2D eigenvalue weighted by molar-refractivity contribution is 5.66. The Kier molecular flexibility index (Phi) is 4.52. The lowest BCUT2D eigenvalue weighted by Gasteiger charge is -2.12. The van der Waals surface area contributed by atoms with Gasteiger partial charge in [-0.1, -0.05) is 0 Å². The van der Waals surface area contributed by atoms with Crippen molar-refractivity contribution in [1.29, 1.82) is 0 Å². The number of nitrogens with zero attached hydrogens (tertiary/aromatic N) is 4. The number of rotatable bonds is 6. The number of nitrogens with two attached hydrogens (primary N) is 1. The first-order chi connectivity index (χ1) is 9.65. The topological polar surface area (TPSA) is 88.1 Å². The first kappa shape index (κ1) is 14.3. The number of benzene rings is 1.